The fourth-order valence-corrected chi connectivity index (χ4v) is 1.76. The van der Waals surface area contributed by atoms with Crippen LogP contribution in [-0.4, -0.2) is 10.9 Å². The van der Waals surface area contributed by atoms with Crippen LogP contribution in [0.15, 0.2) is 30.3 Å². The van der Waals surface area contributed by atoms with Gasteiger partial charge in [0.1, 0.15) is 16.8 Å². The van der Waals surface area contributed by atoms with E-state index in [-0.39, 0.29) is 27.2 Å². The summed E-state index contributed by atoms with van der Waals surface area (Å²) in [6.07, 6.45) is 0. The molecule has 7 heteroatoms. The van der Waals surface area contributed by atoms with Crippen molar-refractivity contribution in [1.29, 1.82) is 0 Å². The zero-order chi connectivity index (χ0) is 14.0. The number of carbonyl (C=O) groups is 1. The largest absolute Gasteiger partial charge is 0.384 e. The molecule has 0 radical (unpaired) electrons. The molecule has 1 aromatic carbocycles. The zero-order valence-corrected chi connectivity index (χ0v) is 11.0. The summed E-state index contributed by atoms with van der Waals surface area (Å²) in [7, 11) is 0. The number of hydrogen-bond acceptors (Lipinski definition) is 3. The Kier molecular flexibility index (Phi) is 3.87. The van der Waals surface area contributed by atoms with Crippen molar-refractivity contribution >= 4 is 40.6 Å². The van der Waals surface area contributed by atoms with Gasteiger partial charge in [0, 0.05) is 11.3 Å². The number of halogens is 3. The lowest BCUT2D eigenvalue weighted by atomic mass is 10.2. The van der Waals surface area contributed by atoms with Crippen LogP contribution in [0.3, 0.4) is 0 Å². The Morgan fingerprint density at radius 1 is 1.26 bits per heavy atom. The molecule has 0 atom stereocenters. The Labute approximate surface area is 118 Å². The molecule has 0 fully saturated rings. The highest BCUT2D eigenvalue weighted by Crippen LogP contribution is 2.20. The monoisotopic (exact) mass is 299 g/mol. The zero-order valence-electron chi connectivity index (χ0n) is 9.45. The molecule has 0 saturated heterocycles. The van der Waals surface area contributed by atoms with Gasteiger partial charge in [-0.25, -0.2) is 9.37 Å². The fraction of sp³-hybridized carbons (Fsp3) is 0. The lowest BCUT2D eigenvalue weighted by molar-refractivity contribution is 0.102. The molecule has 3 N–H and O–H groups in total. The van der Waals surface area contributed by atoms with Gasteiger partial charge in [0.15, 0.2) is 0 Å². The summed E-state index contributed by atoms with van der Waals surface area (Å²) in [6.45, 7) is 0. The summed E-state index contributed by atoms with van der Waals surface area (Å²) < 4.78 is 13.2. The summed E-state index contributed by atoms with van der Waals surface area (Å²) in [5.41, 5.74) is 5.99. The highest BCUT2D eigenvalue weighted by molar-refractivity contribution is 6.31. The maximum atomic E-state index is 13.2. The number of anilines is 2. The number of hydrogen-bond donors (Lipinski definition) is 2. The summed E-state index contributed by atoms with van der Waals surface area (Å²) in [5.74, 6) is -0.968. The second kappa shape index (κ2) is 5.42. The first kappa shape index (κ1) is 13.6. The minimum absolute atomic E-state index is 0.0193. The molecule has 0 aliphatic carbocycles. The Balaban J connectivity index is 2.22. The van der Waals surface area contributed by atoms with Gasteiger partial charge < -0.3 is 11.1 Å². The van der Waals surface area contributed by atoms with E-state index in [1.165, 1.54) is 24.3 Å². The van der Waals surface area contributed by atoms with Gasteiger partial charge in [0.25, 0.3) is 5.91 Å². The van der Waals surface area contributed by atoms with Crippen LogP contribution in [0, 0.1) is 5.82 Å². The van der Waals surface area contributed by atoms with E-state index in [1.54, 1.807) is 0 Å². The molecule has 2 aromatic rings. The molecule has 1 aromatic heterocycles. The van der Waals surface area contributed by atoms with Crippen molar-refractivity contribution in [3.63, 3.8) is 0 Å². The predicted molar refractivity (Wildman–Crippen MR) is 73.0 cm³/mol. The van der Waals surface area contributed by atoms with E-state index < -0.39 is 11.7 Å². The molecule has 2 rings (SSSR count). The summed E-state index contributed by atoms with van der Waals surface area (Å²) in [6, 6.07) is 6.68. The molecule has 0 spiro atoms. The normalized spacial score (nSPS) is 10.3. The van der Waals surface area contributed by atoms with Crippen molar-refractivity contribution in [2.75, 3.05) is 11.1 Å². The highest BCUT2D eigenvalue weighted by atomic mass is 35.5. The van der Waals surface area contributed by atoms with Crippen LogP contribution in [-0.2, 0) is 0 Å². The molecule has 0 unspecified atom stereocenters. The lowest BCUT2D eigenvalue weighted by Crippen LogP contribution is -2.12. The molecular weight excluding hydrogens is 292 g/mol. The molecule has 0 aliphatic heterocycles. The second-order valence-corrected chi connectivity index (χ2v) is 4.48. The Morgan fingerprint density at radius 3 is 2.63 bits per heavy atom. The van der Waals surface area contributed by atoms with Gasteiger partial charge in [-0.2, -0.15) is 0 Å². The van der Waals surface area contributed by atoms with E-state index in [2.05, 4.69) is 10.3 Å². The quantitative estimate of drug-likeness (QED) is 0.836. The van der Waals surface area contributed by atoms with E-state index in [0.717, 1.165) is 6.07 Å². The van der Waals surface area contributed by atoms with Gasteiger partial charge in [-0.3, -0.25) is 4.79 Å². The number of aromatic nitrogens is 1. The molecule has 1 heterocycles. The highest BCUT2D eigenvalue weighted by Gasteiger charge is 2.10. The number of pyridine rings is 1. The van der Waals surface area contributed by atoms with Crippen molar-refractivity contribution in [2.45, 2.75) is 0 Å². The molecule has 1 amide bonds. The smallest absolute Gasteiger partial charge is 0.255 e. The third-order valence-corrected chi connectivity index (χ3v) is 2.75. The van der Waals surface area contributed by atoms with E-state index in [0.29, 0.717) is 0 Å². The summed E-state index contributed by atoms with van der Waals surface area (Å²) in [4.78, 5) is 15.6. The van der Waals surface area contributed by atoms with Crippen molar-refractivity contribution < 1.29 is 9.18 Å². The predicted octanol–water partition coefficient (Wildman–Crippen LogP) is 3.36. The molecule has 4 nitrogen and oxygen atoms in total. The van der Waals surface area contributed by atoms with Crippen LogP contribution in [0.1, 0.15) is 10.4 Å². The SMILES string of the molecule is Nc1cc(C(=O)Nc2ccc(Cl)c(F)c2)cc(Cl)n1. The van der Waals surface area contributed by atoms with Gasteiger partial charge in [0.2, 0.25) is 0 Å². The number of rotatable bonds is 2. The van der Waals surface area contributed by atoms with Gasteiger partial charge >= 0.3 is 0 Å². The van der Waals surface area contributed by atoms with Crippen LogP contribution in [0.25, 0.3) is 0 Å². The molecule has 0 aliphatic rings. The van der Waals surface area contributed by atoms with Crippen molar-refractivity contribution in [3.05, 3.63) is 51.9 Å². The van der Waals surface area contributed by atoms with E-state index in [4.69, 9.17) is 28.9 Å². The number of benzene rings is 1. The van der Waals surface area contributed by atoms with Crippen LogP contribution >= 0.6 is 23.2 Å². The number of nitrogens with one attached hydrogen (secondary N) is 1. The minimum atomic E-state index is -0.619. The van der Waals surface area contributed by atoms with Gasteiger partial charge in [0.05, 0.1) is 5.02 Å². The minimum Gasteiger partial charge on any atom is -0.384 e. The van der Waals surface area contributed by atoms with E-state index >= 15 is 0 Å². The van der Waals surface area contributed by atoms with Crippen LogP contribution in [0.4, 0.5) is 15.9 Å². The maximum Gasteiger partial charge on any atom is 0.255 e. The molecule has 19 heavy (non-hydrogen) atoms. The number of nitrogens with zero attached hydrogens (tertiary/aromatic N) is 1. The second-order valence-electron chi connectivity index (χ2n) is 3.69. The van der Waals surface area contributed by atoms with Crippen molar-refractivity contribution in [2.24, 2.45) is 0 Å². The molecule has 0 saturated carbocycles. The summed E-state index contributed by atoms with van der Waals surface area (Å²) >= 11 is 11.2. The van der Waals surface area contributed by atoms with Crippen LogP contribution in [0.2, 0.25) is 10.2 Å². The average Bonchev–Trinajstić information content (AvgIpc) is 2.32. The Bertz CT molecular complexity index is 629. The Hall–Kier alpha value is -1.85. The number of nitrogen functional groups attached to an aromatic ring is 1. The fourth-order valence-electron chi connectivity index (χ4n) is 1.43. The topological polar surface area (TPSA) is 68.0 Å². The molecular formula is C12H8Cl2FN3O. The number of carbonyl (C=O) groups excluding carboxylic acids is 1. The van der Waals surface area contributed by atoms with Gasteiger partial charge in [-0.15, -0.1) is 0 Å². The van der Waals surface area contributed by atoms with Crippen LogP contribution < -0.4 is 11.1 Å². The lowest BCUT2D eigenvalue weighted by Gasteiger charge is -2.06. The first-order chi connectivity index (χ1) is 8.95. The Morgan fingerprint density at radius 2 is 2.00 bits per heavy atom. The van der Waals surface area contributed by atoms with E-state index in [1.807, 2.05) is 0 Å². The average molecular weight is 300 g/mol. The first-order valence-electron chi connectivity index (χ1n) is 5.15. The number of amides is 1. The molecule has 98 valence electrons. The third-order valence-electron chi connectivity index (χ3n) is 2.25. The number of nitrogens with two attached hydrogens (primary N) is 1. The van der Waals surface area contributed by atoms with Crippen LogP contribution in [0.5, 0.6) is 0 Å². The maximum absolute atomic E-state index is 13.2. The summed E-state index contributed by atoms with van der Waals surface area (Å²) in [5, 5.41) is 2.59. The standard InChI is InChI=1S/C12H8Cl2FN3O/c13-8-2-1-7(5-9(8)15)17-12(19)6-3-10(14)18-11(16)4-6/h1-5H,(H2,16,18)(H,17,19). The van der Waals surface area contributed by atoms with E-state index in [9.17, 15) is 9.18 Å². The van der Waals surface area contributed by atoms with Crippen molar-refractivity contribution in [1.82, 2.24) is 4.98 Å². The van der Waals surface area contributed by atoms with Gasteiger partial charge in [-0.05, 0) is 30.3 Å². The third kappa shape index (κ3) is 3.33. The van der Waals surface area contributed by atoms with Gasteiger partial charge in [-0.1, -0.05) is 23.2 Å². The van der Waals surface area contributed by atoms with Crippen molar-refractivity contribution in [3.8, 4) is 0 Å². The molecule has 0 bridgehead atoms. The first-order valence-corrected chi connectivity index (χ1v) is 5.91.